The van der Waals surface area contributed by atoms with Crippen LogP contribution < -0.4 is 14.4 Å². The normalized spacial score (nSPS) is 14.7. The van der Waals surface area contributed by atoms with Crippen molar-refractivity contribution in [3.05, 3.63) is 35.6 Å². The minimum atomic E-state index is -3.86. The van der Waals surface area contributed by atoms with Crippen LogP contribution in [0.5, 0.6) is 5.75 Å². The molecule has 2 heterocycles. The van der Waals surface area contributed by atoms with E-state index in [2.05, 4.69) is 19.6 Å². The van der Waals surface area contributed by atoms with Gasteiger partial charge in [0.1, 0.15) is 10.6 Å². The maximum Gasteiger partial charge on any atom is 0.265 e. The first-order chi connectivity index (χ1) is 11.5. The molecule has 1 aliphatic heterocycles. The summed E-state index contributed by atoms with van der Waals surface area (Å²) in [7, 11) is -2.46. The van der Waals surface area contributed by atoms with Crippen LogP contribution in [0.15, 0.2) is 35.5 Å². The number of aromatic nitrogens is 2. The Morgan fingerprint density at radius 2 is 1.88 bits per heavy atom. The van der Waals surface area contributed by atoms with Crippen molar-refractivity contribution in [3.63, 3.8) is 0 Å². The van der Waals surface area contributed by atoms with Crippen LogP contribution in [0.1, 0.15) is 12.8 Å². The number of hydrogen-bond donors (Lipinski definition) is 1. The van der Waals surface area contributed by atoms with E-state index in [0.717, 1.165) is 25.9 Å². The number of sulfonamides is 1. The molecular weight excluding hydrogens is 352 g/mol. The monoisotopic (exact) mass is 368 g/mol. The van der Waals surface area contributed by atoms with Crippen molar-refractivity contribution in [1.29, 1.82) is 0 Å². The van der Waals surface area contributed by atoms with Gasteiger partial charge in [-0.2, -0.15) is 0 Å². The van der Waals surface area contributed by atoms with Gasteiger partial charge in [0, 0.05) is 18.1 Å². The van der Waals surface area contributed by atoms with Gasteiger partial charge in [-0.05, 0) is 31.0 Å². The van der Waals surface area contributed by atoms with E-state index in [1.165, 1.54) is 31.6 Å². The van der Waals surface area contributed by atoms with E-state index in [4.69, 9.17) is 16.3 Å². The van der Waals surface area contributed by atoms with Crippen LogP contribution in [0.2, 0.25) is 5.02 Å². The molecule has 1 fully saturated rings. The lowest BCUT2D eigenvalue weighted by Gasteiger charge is -2.15. The average molecular weight is 369 g/mol. The molecule has 9 heteroatoms. The predicted octanol–water partition coefficient (Wildman–Crippen LogP) is 2.54. The largest absolute Gasteiger partial charge is 0.495 e. The Morgan fingerprint density at radius 3 is 2.50 bits per heavy atom. The SMILES string of the molecule is COc1ccc(Cl)cc1S(=O)(=O)Nc1cnc(N2CCCC2)nc1. The number of rotatable bonds is 5. The van der Waals surface area contributed by atoms with Gasteiger partial charge in [-0.1, -0.05) is 11.6 Å². The molecule has 0 radical (unpaired) electrons. The highest BCUT2D eigenvalue weighted by atomic mass is 35.5. The number of anilines is 2. The molecule has 128 valence electrons. The Bertz CT molecular complexity index is 821. The van der Waals surface area contributed by atoms with Crippen molar-refractivity contribution in [2.24, 2.45) is 0 Å². The topological polar surface area (TPSA) is 84.4 Å². The maximum atomic E-state index is 12.6. The van der Waals surface area contributed by atoms with Crippen LogP contribution in [-0.2, 0) is 10.0 Å². The summed E-state index contributed by atoms with van der Waals surface area (Å²) in [5.74, 6) is 0.817. The van der Waals surface area contributed by atoms with Crippen molar-refractivity contribution >= 4 is 33.3 Å². The van der Waals surface area contributed by atoms with Crippen LogP contribution >= 0.6 is 11.6 Å². The zero-order chi connectivity index (χ0) is 17.2. The Kier molecular flexibility index (Phi) is 4.77. The van der Waals surface area contributed by atoms with Crippen LogP contribution in [0.3, 0.4) is 0 Å². The molecular formula is C15H17ClN4O3S. The zero-order valence-corrected chi connectivity index (χ0v) is 14.6. The second kappa shape index (κ2) is 6.82. The van der Waals surface area contributed by atoms with Gasteiger partial charge in [-0.25, -0.2) is 18.4 Å². The van der Waals surface area contributed by atoms with Gasteiger partial charge < -0.3 is 9.64 Å². The third-order valence-corrected chi connectivity index (χ3v) is 5.33. The number of methoxy groups -OCH3 is 1. The second-order valence-electron chi connectivity index (χ2n) is 5.37. The van der Waals surface area contributed by atoms with Gasteiger partial charge in [-0.3, -0.25) is 4.72 Å². The van der Waals surface area contributed by atoms with Crippen molar-refractivity contribution in [2.45, 2.75) is 17.7 Å². The van der Waals surface area contributed by atoms with E-state index in [0.29, 0.717) is 11.0 Å². The molecule has 24 heavy (non-hydrogen) atoms. The third-order valence-electron chi connectivity index (χ3n) is 3.69. The molecule has 0 spiro atoms. The zero-order valence-electron chi connectivity index (χ0n) is 13.1. The molecule has 7 nitrogen and oxygen atoms in total. The first-order valence-electron chi connectivity index (χ1n) is 7.43. The Morgan fingerprint density at radius 1 is 1.21 bits per heavy atom. The fraction of sp³-hybridized carbons (Fsp3) is 0.333. The van der Waals surface area contributed by atoms with Crippen LogP contribution in [-0.4, -0.2) is 38.6 Å². The summed E-state index contributed by atoms with van der Waals surface area (Å²) in [5.41, 5.74) is 0.278. The number of nitrogens with one attached hydrogen (secondary N) is 1. The fourth-order valence-corrected chi connectivity index (χ4v) is 3.99. The van der Waals surface area contributed by atoms with Gasteiger partial charge in [0.05, 0.1) is 25.2 Å². The highest BCUT2D eigenvalue weighted by Gasteiger charge is 2.21. The minimum absolute atomic E-state index is 0.0406. The van der Waals surface area contributed by atoms with Gasteiger partial charge in [0.2, 0.25) is 5.95 Å². The van der Waals surface area contributed by atoms with Crippen LogP contribution in [0.25, 0.3) is 0 Å². The summed E-state index contributed by atoms with van der Waals surface area (Å²) in [6.45, 7) is 1.84. The number of hydrogen-bond acceptors (Lipinski definition) is 6. The maximum absolute atomic E-state index is 12.6. The van der Waals surface area contributed by atoms with Crippen molar-refractivity contribution in [1.82, 2.24) is 9.97 Å². The standard InChI is InChI=1S/C15H17ClN4O3S/c1-23-13-5-4-11(16)8-14(13)24(21,22)19-12-9-17-15(18-10-12)20-6-2-3-7-20/h4-5,8-10,19H,2-3,6-7H2,1H3. The first kappa shape index (κ1) is 16.8. The molecule has 3 rings (SSSR count). The molecule has 1 N–H and O–H groups in total. The summed E-state index contributed by atoms with van der Waals surface area (Å²) >= 11 is 5.90. The van der Waals surface area contributed by atoms with Crippen LogP contribution in [0, 0.1) is 0 Å². The summed E-state index contributed by atoms with van der Waals surface area (Å²) < 4.78 is 32.7. The molecule has 1 aromatic heterocycles. The van der Waals surface area contributed by atoms with E-state index in [-0.39, 0.29) is 16.3 Å². The highest BCUT2D eigenvalue weighted by Crippen LogP contribution is 2.28. The van der Waals surface area contributed by atoms with E-state index < -0.39 is 10.0 Å². The summed E-state index contributed by atoms with van der Waals surface area (Å²) in [5, 5.41) is 0.303. The summed E-state index contributed by atoms with van der Waals surface area (Å²) in [6, 6.07) is 4.40. The number of benzene rings is 1. The predicted molar refractivity (Wildman–Crippen MR) is 92.3 cm³/mol. The van der Waals surface area contributed by atoms with Gasteiger partial charge in [0.25, 0.3) is 10.0 Å². The molecule has 0 bridgehead atoms. The highest BCUT2D eigenvalue weighted by molar-refractivity contribution is 7.92. The molecule has 0 amide bonds. The molecule has 1 aromatic carbocycles. The quantitative estimate of drug-likeness (QED) is 0.873. The lowest BCUT2D eigenvalue weighted by atomic mass is 10.3. The first-order valence-corrected chi connectivity index (χ1v) is 9.29. The molecule has 0 unspecified atom stereocenters. The van der Waals surface area contributed by atoms with E-state index in [9.17, 15) is 8.42 Å². The molecule has 0 atom stereocenters. The molecule has 0 aliphatic carbocycles. The van der Waals surface area contributed by atoms with Crippen molar-refractivity contribution in [3.8, 4) is 5.75 Å². The fourth-order valence-electron chi connectivity index (χ4n) is 2.53. The molecule has 1 aliphatic rings. The van der Waals surface area contributed by atoms with Crippen LogP contribution in [0.4, 0.5) is 11.6 Å². The summed E-state index contributed by atoms with van der Waals surface area (Å²) in [4.78, 5) is 10.5. The molecule has 2 aromatic rings. The number of halogens is 1. The average Bonchev–Trinajstić information content (AvgIpc) is 3.10. The minimum Gasteiger partial charge on any atom is -0.495 e. The lowest BCUT2D eigenvalue weighted by molar-refractivity contribution is 0.403. The van der Waals surface area contributed by atoms with E-state index >= 15 is 0 Å². The number of ether oxygens (including phenoxy) is 1. The van der Waals surface area contributed by atoms with Gasteiger partial charge in [0.15, 0.2) is 0 Å². The second-order valence-corrected chi connectivity index (χ2v) is 7.45. The number of nitrogens with zero attached hydrogens (tertiary/aromatic N) is 3. The summed E-state index contributed by atoms with van der Waals surface area (Å²) in [6.07, 6.45) is 5.14. The van der Waals surface area contributed by atoms with Gasteiger partial charge >= 0.3 is 0 Å². The Hall–Kier alpha value is -2.06. The van der Waals surface area contributed by atoms with Gasteiger partial charge in [-0.15, -0.1) is 0 Å². The molecule has 0 saturated carbocycles. The Labute approximate surface area is 145 Å². The van der Waals surface area contributed by atoms with E-state index in [1.807, 2.05) is 0 Å². The van der Waals surface area contributed by atoms with E-state index in [1.54, 1.807) is 6.07 Å². The third kappa shape index (κ3) is 3.54. The lowest BCUT2D eigenvalue weighted by Crippen LogP contribution is -2.20. The Balaban J connectivity index is 1.83. The van der Waals surface area contributed by atoms with Crippen molar-refractivity contribution < 1.29 is 13.2 Å². The van der Waals surface area contributed by atoms with Crippen molar-refractivity contribution in [2.75, 3.05) is 29.8 Å². The smallest absolute Gasteiger partial charge is 0.265 e. The molecule has 1 saturated heterocycles.